The fourth-order valence-corrected chi connectivity index (χ4v) is 2.27. The van der Waals surface area contributed by atoms with Gasteiger partial charge in [0.05, 0.1) is 14.2 Å². The zero-order chi connectivity index (χ0) is 16.5. The highest BCUT2D eigenvalue weighted by molar-refractivity contribution is 5.42. The minimum atomic E-state index is 0.662. The van der Waals surface area contributed by atoms with Gasteiger partial charge in [0.2, 0.25) is 0 Å². The molecule has 23 heavy (non-hydrogen) atoms. The summed E-state index contributed by atoms with van der Waals surface area (Å²) in [4.78, 5) is 0. The van der Waals surface area contributed by atoms with Crippen molar-refractivity contribution in [3.63, 3.8) is 0 Å². The summed E-state index contributed by atoms with van der Waals surface area (Å²) in [6.45, 7) is 4.45. The molecule has 0 saturated carbocycles. The second-order valence-corrected chi connectivity index (χ2v) is 5.35. The third-order valence-corrected chi connectivity index (χ3v) is 3.61. The van der Waals surface area contributed by atoms with E-state index < -0.39 is 0 Å². The summed E-state index contributed by atoms with van der Waals surface area (Å²) < 4.78 is 16.2. The zero-order valence-corrected chi connectivity index (χ0v) is 14.1. The third kappa shape index (κ3) is 5.49. The van der Waals surface area contributed by atoms with E-state index in [1.807, 2.05) is 24.3 Å². The van der Waals surface area contributed by atoms with Crippen LogP contribution < -0.4 is 19.5 Å². The van der Waals surface area contributed by atoms with Gasteiger partial charge in [-0.05, 0) is 49.7 Å². The smallest absolute Gasteiger partial charge is 0.160 e. The normalized spacial score (nSPS) is 10.4. The predicted octanol–water partition coefficient (Wildman–Crippen LogP) is 3.22. The van der Waals surface area contributed by atoms with E-state index in [9.17, 15) is 0 Å². The first-order chi connectivity index (χ1) is 11.2. The van der Waals surface area contributed by atoms with Crippen LogP contribution in [0.1, 0.15) is 11.1 Å². The Morgan fingerprint density at radius 2 is 1.61 bits per heavy atom. The molecule has 0 unspecified atom stereocenters. The van der Waals surface area contributed by atoms with Crippen LogP contribution in [0.4, 0.5) is 0 Å². The molecule has 0 fully saturated rings. The molecule has 0 heterocycles. The van der Waals surface area contributed by atoms with E-state index in [1.165, 1.54) is 11.1 Å². The Morgan fingerprint density at radius 1 is 0.870 bits per heavy atom. The summed E-state index contributed by atoms with van der Waals surface area (Å²) in [5.74, 6) is 2.45. The van der Waals surface area contributed by atoms with Crippen molar-refractivity contribution in [2.45, 2.75) is 13.3 Å². The number of ether oxygens (including phenoxy) is 3. The molecule has 0 aliphatic heterocycles. The standard InChI is InChI=1S/C19H25NO3/c1-15-4-7-17(8-5-15)23-13-12-20-11-10-16-6-9-18(21-2)19(14-16)22-3/h4-9,14,20H,10-13H2,1-3H3. The second kappa shape index (κ2) is 9.06. The van der Waals surface area contributed by atoms with Gasteiger partial charge < -0.3 is 19.5 Å². The largest absolute Gasteiger partial charge is 0.493 e. The van der Waals surface area contributed by atoms with Crippen LogP contribution in [0.5, 0.6) is 17.2 Å². The molecule has 0 spiro atoms. The van der Waals surface area contributed by atoms with E-state index >= 15 is 0 Å². The summed E-state index contributed by atoms with van der Waals surface area (Å²) in [6.07, 6.45) is 0.935. The van der Waals surface area contributed by atoms with Crippen LogP contribution in [0, 0.1) is 6.92 Å². The van der Waals surface area contributed by atoms with Crippen LogP contribution in [0.15, 0.2) is 42.5 Å². The minimum Gasteiger partial charge on any atom is -0.493 e. The molecule has 0 atom stereocenters. The van der Waals surface area contributed by atoms with Gasteiger partial charge in [0.15, 0.2) is 11.5 Å². The lowest BCUT2D eigenvalue weighted by Crippen LogP contribution is -2.23. The maximum atomic E-state index is 5.68. The molecule has 0 aromatic heterocycles. The van der Waals surface area contributed by atoms with Gasteiger partial charge in [-0.15, -0.1) is 0 Å². The molecule has 0 amide bonds. The van der Waals surface area contributed by atoms with Gasteiger partial charge in [-0.2, -0.15) is 0 Å². The van der Waals surface area contributed by atoms with Crippen LogP contribution >= 0.6 is 0 Å². The van der Waals surface area contributed by atoms with Crippen LogP contribution in [-0.2, 0) is 6.42 Å². The highest BCUT2D eigenvalue weighted by Crippen LogP contribution is 2.27. The fraction of sp³-hybridized carbons (Fsp3) is 0.368. The molecule has 4 heteroatoms. The summed E-state index contributed by atoms with van der Waals surface area (Å²) in [7, 11) is 3.30. The first-order valence-corrected chi connectivity index (χ1v) is 7.84. The van der Waals surface area contributed by atoms with Gasteiger partial charge >= 0.3 is 0 Å². The zero-order valence-electron chi connectivity index (χ0n) is 14.1. The van der Waals surface area contributed by atoms with Crippen LogP contribution in [0.2, 0.25) is 0 Å². The Labute approximate surface area is 138 Å². The monoisotopic (exact) mass is 315 g/mol. The number of hydrogen-bond donors (Lipinski definition) is 1. The van der Waals surface area contributed by atoms with Gasteiger partial charge in [-0.25, -0.2) is 0 Å². The van der Waals surface area contributed by atoms with E-state index in [-0.39, 0.29) is 0 Å². The highest BCUT2D eigenvalue weighted by Gasteiger charge is 2.04. The van der Waals surface area contributed by atoms with E-state index in [0.29, 0.717) is 6.61 Å². The van der Waals surface area contributed by atoms with Crippen molar-refractivity contribution in [3.05, 3.63) is 53.6 Å². The molecule has 2 aromatic rings. The number of aryl methyl sites for hydroxylation is 1. The van der Waals surface area contributed by atoms with Gasteiger partial charge in [0.1, 0.15) is 12.4 Å². The molecule has 4 nitrogen and oxygen atoms in total. The number of nitrogens with one attached hydrogen (secondary N) is 1. The van der Waals surface area contributed by atoms with E-state index in [1.54, 1.807) is 14.2 Å². The molecule has 1 N–H and O–H groups in total. The Hall–Kier alpha value is -2.20. The second-order valence-electron chi connectivity index (χ2n) is 5.35. The fourth-order valence-electron chi connectivity index (χ4n) is 2.27. The summed E-state index contributed by atoms with van der Waals surface area (Å²) >= 11 is 0. The summed E-state index contributed by atoms with van der Waals surface area (Å²) in [6, 6.07) is 14.1. The van der Waals surface area contributed by atoms with Crippen molar-refractivity contribution in [1.82, 2.24) is 5.32 Å². The molecule has 124 valence electrons. The summed E-state index contributed by atoms with van der Waals surface area (Å²) in [5, 5.41) is 3.38. The van der Waals surface area contributed by atoms with Crippen molar-refractivity contribution in [2.75, 3.05) is 33.9 Å². The quantitative estimate of drug-likeness (QED) is 0.721. The van der Waals surface area contributed by atoms with Gasteiger partial charge in [0, 0.05) is 6.54 Å². The van der Waals surface area contributed by atoms with Crippen LogP contribution in [0.25, 0.3) is 0 Å². The number of methoxy groups -OCH3 is 2. The summed E-state index contributed by atoms with van der Waals surface area (Å²) in [5.41, 5.74) is 2.46. The molecule has 0 saturated heterocycles. The van der Waals surface area contributed by atoms with Gasteiger partial charge in [-0.3, -0.25) is 0 Å². The maximum absolute atomic E-state index is 5.68. The molecular formula is C19H25NO3. The van der Waals surface area contributed by atoms with Crippen molar-refractivity contribution in [1.29, 1.82) is 0 Å². The first kappa shape index (κ1) is 17.2. The molecular weight excluding hydrogens is 290 g/mol. The van der Waals surface area contributed by atoms with Gasteiger partial charge in [0.25, 0.3) is 0 Å². The lowest BCUT2D eigenvalue weighted by molar-refractivity contribution is 0.314. The van der Waals surface area contributed by atoms with E-state index in [4.69, 9.17) is 14.2 Å². The topological polar surface area (TPSA) is 39.7 Å². The van der Waals surface area contributed by atoms with Gasteiger partial charge in [-0.1, -0.05) is 23.8 Å². The lowest BCUT2D eigenvalue weighted by Gasteiger charge is -2.10. The Balaban J connectivity index is 1.66. The average Bonchev–Trinajstić information content (AvgIpc) is 2.59. The lowest BCUT2D eigenvalue weighted by atomic mass is 10.1. The maximum Gasteiger partial charge on any atom is 0.160 e. The number of benzene rings is 2. The predicted molar refractivity (Wildman–Crippen MR) is 92.8 cm³/mol. The third-order valence-electron chi connectivity index (χ3n) is 3.61. The van der Waals surface area contributed by atoms with E-state index in [2.05, 4.69) is 30.4 Å². The van der Waals surface area contributed by atoms with Crippen molar-refractivity contribution in [2.24, 2.45) is 0 Å². The molecule has 2 aromatic carbocycles. The van der Waals surface area contributed by atoms with Crippen LogP contribution in [-0.4, -0.2) is 33.9 Å². The SMILES string of the molecule is COc1ccc(CCNCCOc2ccc(C)cc2)cc1OC. The molecule has 0 aliphatic carbocycles. The van der Waals surface area contributed by atoms with Crippen molar-refractivity contribution in [3.8, 4) is 17.2 Å². The minimum absolute atomic E-state index is 0.662. The van der Waals surface area contributed by atoms with Crippen LogP contribution in [0.3, 0.4) is 0 Å². The first-order valence-electron chi connectivity index (χ1n) is 7.84. The average molecular weight is 315 g/mol. The van der Waals surface area contributed by atoms with Crippen molar-refractivity contribution < 1.29 is 14.2 Å². The Bertz CT molecular complexity index is 596. The molecule has 2 rings (SSSR count). The Morgan fingerprint density at radius 3 is 2.30 bits per heavy atom. The Kier molecular flexibility index (Phi) is 6.76. The highest BCUT2D eigenvalue weighted by atomic mass is 16.5. The van der Waals surface area contributed by atoms with E-state index in [0.717, 1.165) is 36.8 Å². The number of rotatable bonds is 9. The van der Waals surface area contributed by atoms with Crippen molar-refractivity contribution >= 4 is 0 Å². The molecule has 0 radical (unpaired) electrons. The molecule has 0 aliphatic rings. The molecule has 0 bridgehead atoms. The number of hydrogen-bond acceptors (Lipinski definition) is 4.